The van der Waals surface area contributed by atoms with Crippen molar-refractivity contribution >= 4 is 54.3 Å². The molecule has 1 aliphatic carbocycles. The lowest BCUT2D eigenvalue weighted by atomic mass is 9.81. The number of H-pyrrole nitrogens is 1. The molecule has 2 heterocycles. The van der Waals surface area contributed by atoms with E-state index in [2.05, 4.69) is 103 Å². The quantitative estimate of drug-likeness (QED) is 0.238. The molecular formula is C32H22N2. The van der Waals surface area contributed by atoms with Crippen molar-refractivity contribution in [3.8, 4) is 11.1 Å². The van der Waals surface area contributed by atoms with Crippen LogP contribution in [0.5, 0.6) is 0 Å². The second kappa shape index (κ2) is 6.03. The topological polar surface area (TPSA) is 28.7 Å². The third kappa shape index (κ3) is 2.14. The summed E-state index contributed by atoms with van der Waals surface area (Å²) in [5.41, 5.74) is 7.52. The second-order valence-corrected chi connectivity index (χ2v) is 10.1. The number of benzene rings is 5. The van der Waals surface area contributed by atoms with E-state index >= 15 is 0 Å². The first kappa shape index (κ1) is 18.3. The number of pyridine rings is 1. The molecule has 0 unspecified atom stereocenters. The van der Waals surface area contributed by atoms with Gasteiger partial charge in [0.15, 0.2) is 0 Å². The molecule has 0 amide bonds. The molecule has 7 aromatic rings. The molecule has 160 valence electrons. The second-order valence-electron chi connectivity index (χ2n) is 10.1. The van der Waals surface area contributed by atoms with Crippen molar-refractivity contribution in [1.82, 2.24) is 9.97 Å². The molecule has 0 fully saturated rings. The molecule has 2 nitrogen and oxygen atoms in total. The average Bonchev–Trinajstić information content (AvgIpc) is 3.34. The summed E-state index contributed by atoms with van der Waals surface area (Å²) in [7, 11) is 0. The van der Waals surface area contributed by atoms with Crippen LogP contribution >= 0.6 is 0 Å². The van der Waals surface area contributed by atoms with Crippen LogP contribution in [-0.2, 0) is 5.41 Å². The van der Waals surface area contributed by atoms with Crippen molar-refractivity contribution in [2.45, 2.75) is 19.3 Å². The molecule has 0 aliphatic heterocycles. The average molecular weight is 435 g/mol. The van der Waals surface area contributed by atoms with Gasteiger partial charge in [-0.3, -0.25) is 0 Å². The van der Waals surface area contributed by atoms with Crippen LogP contribution in [0.4, 0.5) is 0 Å². The molecule has 0 saturated heterocycles. The van der Waals surface area contributed by atoms with Crippen LogP contribution in [0.2, 0.25) is 0 Å². The monoisotopic (exact) mass is 434 g/mol. The van der Waals surface area contributed by atoms with E-state index in [4.69, 9.17) is 0 Å². The Morgan fingerprint density at radius 3 is 1.76 bits per heavy atom. The maximum atomic E-state index is 4.55. The molecule has 34 heavy (non-hydrogen) atoms. The van der Waals surface area contributed by atoms with Crippen LogP contribution in [0.15, 0.2) is 91.1 Å². The number of rotatable bonds is 0. The Morgan fingerprint density at radius 1 is 0.559 bits per heavy atom. The van der Waals surface area contributed by atoms with Gasteiger partial charge in [-0.15, -0.1) is 0 Å². The lowest BCUT2D eigenvalue weighted by Crippen LogP contribution is -2.15. The van der Waals surface area contributed by atoms with E-state index in [-0.39, 0.29) is 5.41 Å². The number of aromatic amines is 1. The highest BCUT2D eigenvalue weighted by Gasteiger charge is 2.36. The van der Waals surface area contributed by atoms with Crippen molar-refractivity contribution in [2.75, 3.05) is 0 Å². The van der Waals surface area contributed by atoms with E-state index < -0.39 is 0 Å². The Bertz CT molecular complexity index is 1990. The summed E-state index contributed by atoms with van der Waals surface area (Å²) in [6, 6.07) is 31.5. The molecule has 2 heteroatoms. The molecule has 0 radical (unpaired) electrons. The Balaban J connectivity index is 1.55. The summed E-state index contributed by atoms with van der Waals surface area (Å²) >= 11 is 0. The van der Waals surface area contributed by atoms with Gasteiger partial charge >= 0.3 is 0 Å². The molecule has 1 aliphatic rings. The molecule has 8 rings (SSSR count). The first-order valence-corrected chi connectivity index (χ1v) is 11.9. The standard InChI is InChI=1S/C32H22N2/c1-32(2)28-16-24-21-11-6-4-9-19(21)18-8-3-5-10-20(18)23(24)14-25(28)26-15-27-22-12-7-13-33-31(22)34-30(27)17-29(26)32/h3-17H,1-2H3,(H,33,34). The van der Waals surface area contributed by atoms with Crippen LogP contribution in [0.3, 0.4) is 0 Å². The van der Waals surface area contributed by atoms with Gasteiger partial charge in [-0.25, -0.2) is 4.98 Å². The summed E-state index contributed by atoms with van der Waals surface area (Å²) in [4.78, 5) is 8.09. The minimum absolute atomic E-state index is 0.0789. The first-order chi connectivity index (χ1) is 16.6. The number of nitrogens with one attached hydrogen (secondary N) is 1. The summed E-state index contributed by atoms with van der Waals surface area (Å²) in [6.45, 7) is 4.72. The highest BCUT2D eigenvalue weighted by Crippen LogP contribution is 2.52. The Hall–Kier alpha value is -4.17. The summed E-state index contributed by atoms with van der Waals surface area (Å²) in [5, 5.41) is 10.4. The van der Waals surface area contributed by atoms with Gasteiger partial charge in [0, 0.05) is 27.9 Å². The highest BCUT2D eigenvalue weighted by molar-refractivity contribution is 6.26. The summed E-state index contributed by atoms with van der Waals surface area (Å²) in [6.07, 6.45) is 1.85. The van der Waals surface area contributed by atoms with E-state index in [0.717, 1.165) is 11.2 Å². The third-order valence-corrected chi connectivity index (χ3v) is 8.03. The fourth-order valence-corrected chi connectivity index (χ4v) is 6.35. The van der Waals surface area contributed by atoms with Crippen LogP contribution in [-0.4, -0.2) is 9.97 Å². The normalized spacial score (nSPS) is 14.4. The van der Waals surface area contributed by atoms with Gasteiger partial charge in [0.2, 0.25) is 0 Å². The van der Waals surface area contributed by atoms with E-state index in [1.54, 1.807) is 0 Å². The third-order valence-electron chi connectivity index (χ3n) is 8.03. The largest absolute Gasteiger partial charge is 0.339 e. The number of nitrogens with zero attached hydrogens (tertiary/aromatic N) is 1. The molecule has 0 saturated carbocycles. The fraction of sp³-hybridized carbons (Fsp3) is 0.0938. The Morgan fingerprint density at radius 2 is 1.09 bits per heavy atom. The van der Waals surface area contributed by atoms with Crippen molar-refractivity contribution in [1.29, 1.82) is 0 Å². The maximum absolute atomic E-state index is 4.55. The maximum Gasteiger partial charge on any atom is 0.138 e. The smallest absolute Gasteiger partial charge is 0.138 e. The zero-order valence-corrected chi connectivity index (χ0v) is 19.1. The fourth-order valence-electron chi connectivity index (χ4n) is 6.35. The van der Waals surface area contributed by atoms with E-state index in [9.17, 15) is 0 Å². The van der Waals surface area contributed by atoms with E-state index in [1.165, 1.54) is 65.3 Å². The number of aromatic nitrogens is 2. The Kier molecular flexibility index (Phi) is 3.24. The molecular weight excluding hydrogens is 412 g/mol. The summed E-state index contributed by atoms with van der Waals surface area (Å²) < 4.78 is 0. The minimum Gasteiger partial charge on any atom is -0.339 e. The molecule has 0 spiro atoms. The highest BCUT2D eigenvalue weighted by atomic mass is 14.8. The predicted molar refractivity (Wildman–Crippen MR) is 144 cm³/mol. The number of hydrogen-bond donors (Lipinski definition) is 1. The SMILES string of the molecule is CC1(C)c2cc3[nH]c4ncccc4c3cc2-c2cc3c4ccccc4c4ccccc4c3cc21. The number of hydrogen-bond acceptors (Lipinski definition) is 1. The molecule has 2 aromatic heterocycles. The van der Waals surface area contributed by atoms with Crippen molar-refractivity contribution < 1.29 is 0 Å². The van der Waals surface area contributed by atoms with Crippen molar-refractivity contribution in [2.24, 2.45) is 0 Å². The van der Waals surface area contributed by atoms with Gasteiger partial charge in [0.25, 0.3) is 0 Å². The number of fused-ring (bicyclic) bond motifs is 12. The van der Waals surface area contributed by atoms with Gasteiger partial charge in [-0.05, 0) is 91.0 Å². The van der Waals surface area contributed by atoms with Crippen molar-refractivity contribution in [3.05, 3.63) is 102 Å². The van der Waals surface area contributed by atoms with Crippen LogP contribution in [0.25, 0.3) is 65.4 Å². The summed E-state index contributed by atoms with van der Waals surface area (Å²) in [5.74, 6) is 0. The van der Waals surface area contributed by atoms with Crippen LogP contribution in [0, 0.1) is 0 Å². The first-order valence-electron chi connectivity index (χ1n) is 11.9. The zero-order valence-electron chi connectivity index (χ0n) is 19.1. The van der Waals surface area contributed by atoms with Gasteiger partial charge in [0.1, 0.15) is 5.65 Å². The van der Waals surface area contributed by atoms with E-state index in [1.807, 2.05) is 12.3 Å². The molecule has 0 bridgehead atoms. The molecule has 5 aromatic carbocycles. The zero-order chi connectivity index (χ0) is 22.6. The van der Waals surface area contributed by atoms with Gasteiger partial charge in [-0.1, -0.05) is 62.4 Å². The van der Waals surface area contributed by atoms with Crippen LogP contribution < -0.4 is 0 Å². The van der Waals surface area contributed by atoms with Crippen molar-refractivity contribution in [3.63, 3.8) is 0 Å². The predicted octanol–water partition coefficient (Wildman–Crippen LogP) is 8.48. The molecule has 1 N–H and O–H groups in total. The van der Waals surface area contributed by atoms with Gasteiger partial charge in [0.05, 0.1) is 0 Å². The lowest BCUT2D eigenvalue weighted by molar-refractivity contribution is 0.662. The van der Waals surface area contributed by atoms with Crippen LogP contribution in [0.1, 0.15) is 25.0 Å². The molecule has 0 atom stereocenters. The van der Waals surface area contributed by atoms with E-state index in [0.29, 0.717) is 0 Å². The van der Waals surface area contributed by atoms with Gasteiger partial charge in [-0.2, -0.15) is 0 Å². The minimum atomic E-state index is -0.0789. The lowest BCUT2D eigenvalue weighted by Gasteiger charge is -2.22. The van der Waals surface area contributed by atoms with Gasteiger partial charge < -0.3 is 4.98 Å². The Labute approximate surface area is 196 Å².